The van der Waals surface area contributed by atoms with Gasteiger partial charge in [-0.05, 0) is 32.3 Å². The normalized spacial score (nSPS) is 18.0. The van der Waals surface area contributed by atoms with E-state index in [0.29, 0.717) is 11.7 Å². The second-order valence-electron chi connectivity index (χ2n) is 5.70. The minimum atomic E-state index is -0.395. The third-order valence-electron chi connectivity index (χ3n) is 4.51. The molecule has 6 heteroatoms. The minimum Gasteiger partial charge on any atom is -0.390 e. The number of methoxy groups -OCH3 is 1. The SMILES string of the molecule is COC1(c2noc(-c3c(N)sc(C)c3C)n2)CCCCC1. The van der Waals surface area contributed by atoms with Crippen molar-refractivity contribution in [2.45, 2.75) is 51.6 Å². The van der Waals surface area contributed by atoms with Gasteiger partial charge in [-0.3, -0.25) is 0 Å². The summed E-state index contributed by atoms with van der Waals surface area (Å²) in [5.41, 5.74) is 7.68. The van der Waals surface area contributed by atoms with Crippen molar-refractivity contribution in [3.63, 3.8) is 0 Å². The number of thiophene rings is 1. The van der Waals surface area contributed by atoms with Gasteiger partial charge in [0.2, 0.25) is 5.82 Å². The molecule has 2 N–H and O–H groups in total. The van der Waals surface area contributed by atoms with Crippen LogP contribution < -0.4 is 5.73 Å². The first kappa shape index (κ1) is 14.5. The fourth-order valence-corrected chi connectivity index (χ4v) is 4.00. The van der Waals surface area contributed by atoms with Gasteiger partial charge in [0, 0.05) is 12.0 Å². The Labute approximate surface area is 128 Å². The van der Waals surface area contributed by atoms with Crippen molar-refractivity contribution in [2.24, 2.45) is 0 Å². The Kier molecular flexibility index (Phi) is 3.75. The molecule has 0 saturated heterocycles. The number of aromatic nitrogens is 2. The molecular weight excluding hydrogens is 286 g/mol. The molecule has 0 amide bonds. The van der Waals surface area contributed by atoms with Crippen molar-refractivity contribution in [3.05, 3.63) is 16.3 Å². The summed E-state index contributed by atoms with van der Waals surface area (Å²) in [6.45, 7) is 4.09. The molecule has 0 bridgehead atoms. The molecule has 1 fully saturated rings. The van der Waals surface area contributed by atoms with Crippen LogP contribution in [0.3, 0.4) is 0 Å². The van der Waals surface area contributed by atoms with Crippen molar-refractivity contribution in [3.8, 4) is 11.5 Å². The molecule has 0 unspecified atom stereocenters. The van der Waals surface area contributed by atoms with Crippen molar-refractivity contribution in [1.82, 2.24) is 10.1 Å². The zero-order valence-corrected chi connectivity index (χ0v) is 13.5. The Hall–Kier alpha value is -1.40. The molecule has 21 heavy (non-hydrogen) atoms. The second-order valence-corrected chi connectivity index (χ2v) is 6.96. The smallest absolute Gasteiger partial charge is 0.261 e. The lowest BCUT2D eigenvalue weighted by atomic mass is 9.84. The molecule has 3 rings (SSSR count). The number of aryl methyl sites for hydroxylation is 1. The molecular formula is C15H21N3O2S. The Balaban J connectivity index is 1.99. The summed E-state index contributed by atoms with van der Waals surface area (Å²) in [5.74, 6) is 1.16. The van der Waals surface area contributed by atoms with Crippen LogP contribution in [-0.2, 0) is 10.3 Å². The van der Waals surface area contributed by atoms with Gasteiger partial charge in [-0.25, -0.2) is 0 Å². The predicted octanol–water partition coefficient (Wildman–Crippen LogP) is 3.80. The van der Waals surface area contributed by atoms with Crippen molar-refractivity contribution < 1.29 is 9.26 Å². The van der Waals surface area contributed by atoms with Crippen LogP contribution in [-0.4, -0.2) is 17.3 Å². The second kappa shape index (κ2) is 5.42. The van der Waals surface area contributed by atoms with Crippen LogP contribution in [0.1, 0.15) is 48.4 Å². The highest BCUT2D eigenvalue weighted by Crippen LogP contribution is 2.41. The number of nitrogen functional groups attached to an aromatic ring is 1. The molecule has 2 aromatic rings. The van der Waals surface area contributed by atoms with Crippen LogP contribution in [0.25, 0.3) is 11.5 Å². The number of hydrogen-bond acceptors (Lipinski definition) is 6. The van der Waals surface area contributed by atoms with Crippen molar-refractivity contribution in [2.75, 3.05) is 12.8 Å². The van der Waals surface area contributed by atoms with E-state index in [4.69, 9.17) is 15.0 Å². The van der Waals surface area contributed by atoms with E-state index in [1.54, 1.807) is 18.4 Å². The maximum Gasteiger partial charge on any atom is 0.261 e. The average molecular weight is 307 g/mol. The van der Waals surface area contributed by atoms with Crippen molar-refractivity contribution in [1.29, 1.82) is 0 Å². The Morgan fingerprint density at radius 1 is 1.24 bits per heavy atom. The topological polar surface area (TPSA) is 74.2 Å². The standard InChI is InChI=1S/C15H21N3O2S/c1-9-10(2)21-12(16)11(9)13-17-14(18-20-13)15(19-3)7-5-4-6-8-15/h4-8,16H2,1-3H3. The monoisotopic (exact) mass is 307 g/mol. The van der Waals surface area contributed by atoms with Gasteiger partial charge < -0.3 is 15.0 Å². The fraction of sp³-hybridized carbons (Fsp3) is 0.600. The maximum atomic E-state index is 6.09. The zero-order chi connectivity index (χ0) is 15.0. The molecule has 1 aliphatic rings. The zero-order valence-electron chi connectivity index (χ0n) is 12.7. The first-order chi connectivity index (χ1) is 10.1. The highest BCUT2D eigenvalue weighted by Gasteiger charge is 2.39. The molecule has 2 heterocycles. The summed E-state index contributed by atoms with van der Waals surface area (Å²) < 4.78 is 11.3. The Morgan fingerprint density at radius 3 is 2.52 bits per heavy atom. The van der Waals surface area contributed by atoms with E-state index in [1.807, 2.05) is 6.92 Å². The first-order valence-electron chi connectivity index (χ1n) is 7.32. The Morgan fingerprint density at radius 2 is 1.95 bits per heavy atom. The van der Waals surface area contributed by atoms with E-state index in [0.717, 1.165) is 41.8 Å². The van der Waals surface area contributed by atoms with Gasteiger partial charge in [-0.2, -0.15) is 4.98 Å². The fourth-order valence-electron chi connectivity index (χ4n) is 3.07. The van der Waals surface area contributed by atoms with E-state index in [9.17, 15) is 0 Å². The molecule has 5 nitrogen and oxygen atoms in total. The summed E-state index contributed by atoms with van der Waals surface area (Å²) in [6, 6.07) is 0. The molecule has 1 saturated carbocycles. The highest BCUT2D eigenvalue weighted by molar-refractivity contribution is 7.16. The van der Waals surface area contributed by atoms with Gasteiger partial charge >= 0.3 is 0 Å². The Bertz CT molecular complexity index is 641. The third-order valence-corrected chi connectivity index (χ3v) is 5.55. The average Bonchev–Trinajstić information content (AvgIpc) is 3.06. The van der Waals surface area contributed by atoms with Crippen LogP contribution in [0, 0.1) is 13.8 Å². The minimum absolute atomic E-state index is 0.395. The lowest BCUT2D eigenvalue weighted by Gasteiger charge is -2.32. The number of ether oxygens (including phenoxy) is 1. The van der Waals surface area contributed by atoms with Crippen molar-refractivity contribution >= 4 is 16.3 Å². The predicted molar refractivity (Wildman–Crippen MR) is 83.3 cm³/mol. The van der Waals surface area contributed by atoms with Crippen LogP contribution >= 0.6 is 11.3 Å². The molecule has 114 valence electrons. The lowest BCUT2D eigenvalue weighted by molar-refractivity contribution is -0.0527. The van der Waals surface area contributed by atoms with Gasteiger partial charge in [0.1, 0.15) is 5.60 Å². The number of anilines is 1. The van der Waals surface area contributed by atoms with E-state index in [1.165, 1.54) is 11.3 Å². The largest absolute Gasteiger partial charge is 0.390 e. The van der Waals surface area contributed by atoms with E-state index in [-0.39, 0.29) is 0 Å². The first-order valence-corrected chi connectivity index (χ1v) is 8.14. The van der Waals surface area contributed by atoms with Gasteiger partial charge in [-0.1, -0.05) is 24.4 Å². The van der Waals surface area contributed by atoms with E-state index >= 15 is 0 Å². The summed E-state index contributed by atoms with van der Waals surface area (Å²) in [4.78, 5) is 5.79. The molecule has 0 aliphatic heterocycles. The quantitative estimate of drug-likeness (QED) is 0.933. The van der Waals surface area contributed by atoms with Gasteiger partial charge in [-0.15, -0.1) is 11.3 Å². The summed E-state index contributed by atoms with van der Waals surface area (Å²) in [5, 5.41) is 4.92. The number of nitrogens with zero attached hydrogens (tertiary/aromatic N) is 2. The molecule has 0 spiro atoms. The summed E-state index contributed by atoms with van der Waals surface area (Å²) in [7, 11) is 1.73. The molecule has 0 radical (unpaired) electrons. The highest BCUT2D eigenvalue weighted by atomic mass is 32.1. The van der Waals surface area contributed by atoms with E-state index in [2.05, 4.69) is 17.1 Å². The maximum absolute atomic E-state index is 6.09. The molecule has 2 aromatic heterocycles. The van der Waals surface area contributed by atoms with Gasteiger partial charge in [0.15, 0.2) is 0 Å². The number of nitrogens with two attached hydrogens (primary N) is 1. The third kappa shape index (κ3) is 2.36. The number of rotatable bonds is 3. The summed E-state index contributed by atoms with van der Waals surface area (Å²) in [6.07, 6.45) is 5.40. The number of hydrogen-bond donors (Lipinski definition) is 1. The van der Waals surface area contributed by atoms with E-state index < -0.39 is 5.60 Å². The van der Waals surface area contributed by atoms with Crippen LogP contribution in [0.2, 0.25) is 0 Å². The van der Waals surface area contributed by atoms with Gasteiger partial charge in [0.05, 0.1) is 10.6 Å². The molecule has 0 atom stereocenters. The van der Waals surface area contributed by atoms with Crippen LogP contribution in [0.4, 0.5) is 5.00 Å². The van der Waals surface area contributed by atoms with Crippen LogP contribution in [0.15, 0.2) is 4.52 Å². The van der Waals surface area contributed by atoms with Gasteiger partial charge in [0.25, 0.3) is 5.89 Å². The molecule has 0 aromatic carbocycles. The van der Waals surface area contributed by atoms with Crippen LogP contribution in [0.5, 0.6) is 0 Å². The lowest BCUT2D eigenvalue weighted by Crippen LogP contribution is -2.32. The summed E-state index contributed by atoms with van der Waals surface area (Å²) >= 11 is 1.56. The molecule has 1 aliphatic carbocycles.